The van der Waals surface area contributed by atoms with Crippen molar-refractivity contribution in [3.63, 3.8) is 0 Å². The maximum Gasteiger partial charge on any atom is 0.240 e. The Morgan fingerprint density at radius 3 is 2.30 bits per heavy atom. The Balaban J connectivity index is 1.85. The molecule has 1 aliphatic heterocycles. The van der Waals surface area contributed by atoms with Crippen LogP contribution in [0.4, 0.5) is 0 Å². The first-order valence-electron chi connectivity index (χ1n) is 7.88. The summed E-state index contributed by atoms with van der Waals surface area (Å²) >= 11 is 0. The largest absolute Gasteiger partial charge is 0.302 e. The van der Waals surface area contributed by atoms with E-state index in [1.54, 1.807) is 6.92 Å². The summed E-state index contributed by atoms with van der Waals surface area (Å²) in [6.45, 7) is 5.24. The van der Waals surface area contributed by atoms with E-state index in [4.69, 9.17) is 5.84 Å². The van der Waals surface area contributed by atoms with E-state index in [2.05, 4.69) is 4.90 Å². The second-order valence-electron chi connectivity index (χ2n) is 6.19. The normalized spacial score (nSPS) is 27.5. The molecule has 1 heterocycles. The van der Waals surface area contributed by atoms with Crippen LogP contribution in [0.2, 0.25) is 0 Å². The van der Waals surface area contributed by atoms with Gasteiger partial charge in [0, 0.05) is 24.9 Å². The smallest absolute Gasteiger partial charge is 0.240 e. The van der Waals surface area contributed by atoms with Crippen LogP contribution in [-0.2, 0) is 9.59 Å². The van der Waals surface area contributed by atoms with Crippen molar-refractivity contribution in [1.29, 1.82) is 0 Å². The van der Waals surface area contributed by atoms with Gasteiger partial charge in [0.2, 0.25) is 5.91 Å². The molecular weight excluding hydrogens is 254 g/mol. The number of amides is 1. The Kier molecular flexibility index (Phi) is 5.54. The molecule has 1 aliphatic carbocycles. The van der Waals surface area contributed by atoms with Crippen LogP contribution in [0.15, 0.2) is 0 Å². The monoisotopic (exact) mass is 281 g/mol. The van der Waals surface area contributed by atoms with E-state index in [1.807, 2.05) is 0 Å². The predicted molar refractivity (Wildman–Crippen MR) is 77.7 cm³/mol. The van der Waals surface area contributed by atoms with E-state index >= 15 is 0 Å². The molecule has 0 spiro atoms. The maximum atomic E-state index is 12.4. The molecule has 2 rings (SSSR count). The minimum atomic E-state index is -0.190. The Bertz CT molecular complexity index is 353. The number of carbonyl (C=O) groups excluding carboxylic acids is 2. The third-order valence-electron chi connectivity index (χ3n) is 4.74. The first-order valence-corrected chi connectivity index (χ1v) is 7.88. The highest BCUT2D eigenvalue weighted by molar-refractivity contribution is 5.87. The number of likely N-dealkylation sites (tertiary alicyclic amines) is 1. The highest BCUT2D eigenvalue weighted by atomic mass is 16.2. The molecule has 2 unspecified atom stereocenters. The Hall–Kier alpha value is -0.940. The Morgan fingerprint density at radius 1 is 1.10 bits per heavy atom. The molecule has 20 heavy (non-hydrogen) atoms. The van der Waals surface area contributed by atoms with Gasteiger partial charge in [0.25, 0.3) is 0 Å². The highest BCUT2D eigenvalue weighted by Crippen LogP contribution is 2.31. The Morgan fingerprint density at radius 2 is 1.70 bits per heavy atom. The van der Waals surface area contributed by atoms with E-state index in [0.717, 1.165) is 45.3 Å². The van der Waals surface area contributed by atoms with Crippen molar-refractivity contribution in [2.24, 2.45) is 17.7 Å². The van der Waals surface area contributed by atoms with Crippen molar-refractivity contribution in [3.05, 3.63) is 0 Å². The van der Waals surface area contributed by atoms with Gasteiger partial charge in [0.05, 0.1) is 0 Å². The van der Waals surface area contributed by atoms with E-state index in [0.29, 0.717) is 6.54 Å². The van der Waals surface area contributed by atoms with Gasteiger partial charge in [-0.3, -0.25) is 14.6 Å². The summed E-state index contributed by atoms with van der Waals surface area (Å²) in [6, 6.07) is 0. The van der Waals surface area contributed by atoms with Crippen LogP contribution in [0, 0.1) is 11.8 Å². The summed E-state index contributed by atoms with van der Waals surface area (Å²) in [5, 5.41) is 1.35. The molecule has 2 aliphatic rings. The van der Waals surface area contributed by atoms with Gasteiger partial charge in [0.1, 0.15) is 5.78 Å². The number of carbonyl (C=O) groups is 2. The van der Waals surface area contributed by atoms with Crippen LogP contribution < -0.4 is 5.84 Å². The van der Waals surface area contributed by atoms with Gasteiger partial charge < -0.3 is 4.90 Å². The minimum absolute atomic E-state index is 0.0379. The zero-order valence-electron chi connectivity index (χ0n) is 12.5. The number of rotatable bonds is 5. The van der Waals surface area contributed by atoms with Gasteiger partial charge in [-0.15, -0.1) is 0 Å². The van der Waals surface area contributed by atoms with Crippen molar-refractivity contribution in [1.82, 2.24) is 9.91 Å². The molecule has 0 radical (unpaired) electrons. The number of hydrazine groups is 1. The number of nitrogens with two attached hydrogens (primary N) is 1. The number of Topliss-reactive ketones (excluding diaryl/α,β-unsaturated/α-hetero) is 1. The molecule has 0 aromatic heterocycles. The summed E-state index contributed by atoms with van der Waals surface area (Å²) in [4.78, 5) is 26.5. The molecule has 0 bridgehead atoms. The standard InChI is InChI=1S/C15H27N3O2/c1-12(19)13-6-2-3-7-14(13)15(20)18(16)11-10-17-8-4-5-9-17/h13-14H,2-11,16H2,1H3. The van der Waals surface area contributed by atoms with Crippen LogP contribution >= 0.6 is 0 Å². The Labute approximate surface area is 121 Å². The fourth-order valence-electron chi connectivity index (χ4n) is 3.49. The molecule has 0 aromatic rings. The summed E-state index contributed by atoms with van der Waals surface area (Å²) in [5.74, 6) is 5.73. The van der Waals surface area contributed by atoms with Crippen molar-refractivity contribution in [2.45, 2.75) is 45.4 Å². The molecular formula is C15H27N3O2. The molecule has 0 aromatic carbocycles. The molecule has 1 amide bonds. The van der Waals surface area contributed by atoms with Crippen molar-refractivity contribution >= 4 is 11.7 Å². The molecule has 2 atom stereocenters. The zero-order valence-corrected chi connectivity index (χ0v) is 12.5. The van der Waals surface area contributed by atoms with Crippen LogP contribution in [0.5, 0.6) is 0 Å². The van der Waals surface area contributed by atoms with Crippen molar-refractivity contribution < 1.29 is 9.59 Å². The molecule has 114 valence electrons. The van der Waals surface area contributed by atoms with E-state index in [-0.39, 0.29) is 23.5 Å². The third-order valence-corrected chi connectivity index (χ3v) is 4.74. The van der Waals surface area contributed by atoms with Gasteiger partial charge >= 0.3 is 0 Å². The van der Waals surface area contributed by atoms with Crippen molar-refractivity contribution in [2.75, 3.05) is 26.2 Å². The summed E-state index contributed by atoms with van der Waals surface area (Å²) < 4.78 is 0. The third kappa shape index (κ3) is 3.79. The molecule has 1 saturated carbocycles. The van der Waals surface area contributed by atoms with Crippen LogP contribution in [0.25, 0.3) is 0 Å². The van der Waals surface area contributed by atoms with E-state index in [1.165, 1.54) is 17.9 Å². The first kappa shape index (κ1) is 15.4. The summed E-state index contributed by atoms with van der Waals surface area (Å²) in [6.07, 6.45) is 6.21. The van der Waals surface area contributed by atoms with Gasteiger partial charge in [-0.05, 0) is 45.7 Å². The lowest BCUT2D eigenvalue weighted by Crippen LogP contribution is -2.48. The molecule has 5 heteroatoms. The lowest BCUT2D eigenvalue weighted by Gasteiger charge is -2.32. The second kappa shape index (κ2) is 7.18. The van der Waals surface area contributed by atoms with Crippen LogP contribution in [0.3, 0.4) is 0 Å². The number of nitrogens with zero attached hydrogens (tertiary/aromatic N) is 2. The lowest BCUT2D eigenvalue weighted by atomic mass is 9.76. The lowest BCUT2D eigenvalue weighted by molar-refractivity contribution is -0.142. The van der Waals surface area contributed by atoms with Gasteiger partial charge in [-0.25, -0.2) is 5.84 Å². The molecule has 5 nitrogen and oxygen atoms in total. The summed E-state index contributed by atoms with van der Waals surface area (Å²) in [5.41, 5.74) is 0. The summed E-state index contributed by atoms with van der Waals surface area (Å²) in [7, 11) is 0. The quantitative estimate of drug-likeness (QED) is 0.467. The first-order chi connectivity index (χ1) is 9.59. The predicted octanol–water partition coefficient (Wildman–Crippen LogP) is 1.18. The topological polar surface area (TPSA) is 66.6 Å². The number of hydrogen-bond donors (Lipinski definition) is 1. The molecule has 2 fully saturated rings. The van der Waals surface area contributed by atoms with Crippen LogP contribution in [0.1, 0.15) is 45.4 Å². The van der Waals surface area contributed by atoms with E-state index in [9.17, 15) is 9.59 Å². The number of ketones is 1. The van der Waals surface area contributed by atoms with Crippen molar-refractivity contribution in [3.8, 4) is 0 Å². The van der Waals surface area contributed by atoms with Gasteiger partial charge in [-0.2, -0.15) is 0 Å². The second-order valence-corrected chi connectivity index (χ2v) is 6.19. The maximum absolute atomic E-state index is 12.4. The molecule has 2 N–H and O–H groups in total. The SMILES string of the molecule is CC(=O)C1CCCCC1C(=O)N(N)CCN1CCCC1. The fourth-order valence-corrected chi connectivity index (χ4v) is 3.49. The van der Waals surface area contributed by atoms with Gasteiger partial charge in [-0.1, -0.05) is 12.8 Å². The zero-order chi connectivity index (χ0) is 14.5. The van der Waals surface area contributed by atoms with E-state index < -0.39 is 0 Å². The average Bonchev–Trinajstić information content (AvgIpc) is 2.97. The van der Waals surface area contributed by atoms with Gasteiger partial charge in [0.15, 0.2) is 0 Å². The minimum Gasteiger partial charge on any atom is -0.302 e. The number of hydrogen-bond acceptors (Lipinski definition) is 4. The highest BCUT2D eigenvalue weighted by Gasteiger charge is 2.35. The fraction of sp³-hybridized carbons (Fsp3) is 0.867. The average molecular weight is 281 g/mol. The molecule has 1 saturated heterocycles. The van der Waals surface area contributed by atoms with Crippen LogP contribution in [-0.4, -0.2) is 47.8 Å².